The number of nitrogens with two attached hydrogens (primary N) is 1. The molecule has 5 heterocycles. The van der Waals surface area contributed by atoms with E-state index < -0.39 is 6.03 Å². The number of carbonyl (C=O) groups excluding carboxylic acids is 3. The van der Waals surface area contributed by atoms with E-state index in [0.29, 0.717) is 66.6 Å². The van der Waals surface area contributed by atoms with Gasteiger partial charge in [0.25, 0.3) is 11.8 Å². The normalized spacial score (nSPS) is 16.5. The zero-order chi connectivity index (χ0) is 33.7. The predicted octanol–water partition coefficient (Wildman–Crippen LogP) is 6.14. The Morgan fingerprint density at radius 3 is 2.02 bits per heavy atom. The number of nitrogens with zero attached hydrogens (tertiary/aromatic N) is 3. The van der Waals surface area contributed by atoms with Crippen LogP contribution in [0.3, 0.4) is 0 Å². The van der Waals surface area contributed by atoms with Crippen molar-refractivity contribution in [3.05, 3.63) is 88.7 Å². The number of rotatable bonds is 4. The zero-order valence-electron chi connectivity index (χ0n) is 26.5. The van der Waals surface area contributed by atoms with Crippen LogP contribution < -0.4 is 25.2 Å². The van der Waals surface area contributed by atoms with E-state index in [1.807, 2.05) is 48.5 Å². The van der Waals surface area contributed by atoms with Crippen molar-refractivity contribution in [3.8, 4) is 11.5 Å². The molecule has 3 aliphatic rings. The van der Waals surface area contributed by atoms with Crippen LogP contribution in [0.25, 0.3) is 32.6 Å². The lowest BCUT2D eigenvalue weighted by Gasteiger charge is -2.17. The molecule has 11 nitrogen and oxygen atoms in total. The zero-order valence-corrected chi connectivity index (χ0v) is 27.2. The van der Waals surface area contributed by atoms with E-state index in [0.717, 1.165) is 55.3 Å². The maximum Gasteiger partial charge on any atom is 0.319 e. The Morgan fingerprint density at radius 1 is 0.796 bits per heavy atom. The van der Waals surface area contributed by atoms with Crippen LogP contribution in [-0.2, 0) is 12.8 Å². The van der Waals surface area contributed by atoms with Gasteiger partial charge < -0.3 is 35.3 Å². The molecule has 0 radical (unpaired) electrons. The van der Waals surface area contributed by atoms with Crippen molar-refractivity contribution in [1.82, 2.24) is 9.97 Å². The predicted molar refractivity (Wildman–Crippen MR) is 190 cm³/mol. The van der Waals surface area contributed by atoms with Crippen LogP contribution >= 0.6 is 11.6 Å². The van der Waals surface area contributed by atoms with E-state index in [1.165, 1.54) is 0 Å². The van der Waals surface area contributed by atoms with Crippen LogP contribution in [0.4, 0.5) is 21.9 Å². The lowest BCUT2D eigenvalue weighted by molar-refractivity contribution is 0.0977. The number of aromatic hydroxyl groups is 1. The van der Waals surface area contributed by atoms with Gasteiger partial charge in [-0.2, -0.15) is 0 Å². The number of hydrogen-bond acceptors (Lipinski definition) is 5. The number of halogens is 1. The van der Waals surface area contributed by atoms with Gasteiger partial charge in [0.2, 0.25) is 0 Å². The summed E-state index contributed by atoms with van der Waals surface area (Å²) < 4.78 is 5.45. The van der Waals surface area contributed by atoms with Gasteiger partial charge in [-0.3, -0.25) is 14.5 Å². The number of aromatic nitrogens is 2. The molecule has 4 aromatic carbocycles. The molecule has 0 spiro atoms. The first-order valence-electron chi connectivity index (χ1n) is 16.1. The maximum absolute atomic E-state index is 14.1. The summed E-state index contributed by atoms with van der Waals surface area (Å²) in [6.07, 6.45) is 1.30. The van der Waals surface area contributed by atoms with Crippen molar-refractivity contribution in [2.75, 3.05) is 47.3 Å². The van der Waals surface area contributed by atoms with Crippen molar-refractivity contribution in [3.63, 3.8) is 0 Å². The first kappa shape index (κ1) is 29.5. The Balaban J connectivity index is 1.04. The molecule has 5 N–H and O–H groups in total. The molecule has 9 rings (SSSR count). The molecule has 0 unspecified atom stereocenters. The van der Waals surface area contributed by atoms with Gasteiger partial charge in [-0.25, -0.2) is 4.79 Å². The van der Waals surface area contributed by atoms with Gasteiger partial charge in [-0.05, 0) is 89.5 Å². The van der Waals surface area contributed by atoms with E-state index in [2.05, 4.69) is 9.97 Å². The van der Waals surface area contributed by atoms with Crippen molar-refractivity contribution in [2.24, 2.45) is 5.73 Å². The quantitative estimate of drug-likeness (QED) is 0.166. The van der Waals surface area contributed by atoms with Crippen LogP contribution in [0, 0.1) is 0 Å². The lowest BCUT2D eigenvalue weighted by Crippen LogP contribution is -2.33. The number of carbonyl (C=O) groups is 3. The average molecular weight is 675 g/mol. The smallest absolute Gasteiger partial charge is 0.319 e. The summed E-state index contributed by atoms with van der Waals surface area (Å²) in [7, 11) is 1.59. The number of primary amides is 1. The molecule has 6 aromatic rings. The summed E-state index contributed by atoms with van der Waals surface area (Å²) in [5, 5.41) is 14.2. The van der Waals surface area contributed by atoms with Crippen LogP contribution in [0.15, 0.2) is 60.7 Å². The van der Waals surface area contributed by atoms with Gasteiger partial charge in [0, 0.05) is 76.1 Å². The number of alkyl halides is 1. The number of amides is 4. The standard InChI is InChI=1S/C37H31ClN6O5/c1-49-19-2-3-22-25(12-19)34-18(16-38)17-44(32(34)15-33(22)45)36(47)29-14-23-20-8-10-42(30(20)6-4-26(23)41-29)35(46)28-13-24-21-9-11-43(37(39)48)31(21)7-5-27(24)40-28/h2-7,12-15,18,40-41,45H,8-11,16-17H2,1H3,(H2,39,48)/t18-/m0/s1. The molecular formula is C37H31ClN6O5. The first-order chi connectivity index (χ1) is 23.7. The number of ether oxygens (including phenoxy) is 1. The van der Waals surface area contributed by atoms with E-state index in [9.17, 15) is 19.5 Å². The van der Waals surface area contributed by atoms with E-state index in [4.69, 9.17) is 22.1 Å². The number of methoxy groups -OCH3 is 1. The third-order valence-electron chi connectivity index (χ3n) is 10.4. The van der Waals surface area contributed by atoms with Crippen LogP contribution in [0.2, 0.25) is 0 Å². The van der Waals surface area contributed by atoms with Gasteiger partial charge in [-0.15, -0.1) is 11.6 Å². The highest BCUT2D eigenvalue weighted by atomic mass is 35.5. The highest BCUT2D eigenvalue weighted by Crippen LogP contribution is 2.47. The van der Waals surface area contributed by atoms with Crippen molar-refractivity contribution in [2.45, 2.75) is 18.8 Å². The minimum Gasteiger partial charge on any atom is -0.507 e. The number of aromatic amines is 2. The Labute approximate surface area is 284 Å². The second-order valence-corrected chi connectivity index (χ2v) is 13.2. The van der Waals surface area contributed by atoms with Crippen molar-refractivity contribution >= 4 is 79.1 Å². The third-order valence-corrected chi connectivity index (χ3v) is 10.8. The summed E-state index contributed by atoms with van der Waals surface area (Å²) in [6, 6.07) is 17.9. The minimum atomic E-state index is -0.488. The Morgan fingerprint density at radius 2 is 1.41 bits per heavy atom. The van der Waals surface area contributed by atoms with Gasteiger partial charge in [0.05, 0.1) is 12.8 Å². The van der Waals surface area contributed by atoms with Gasteiger partial charge in [0.1, 0.15) is 22.9 Å². The van der Waals surface area contributed by atoms with Crippen LogP contribution in [0.1, 0.15) is 43.6 Å². The number of fused-ring (bicyclic) bond motifs is 9. The van der Waals surface area contributed by atoms with Gasteiger partial charge in [0.15, 0.2) is 0 Å². The van der Waals surface area contributed by atoms with E-state index in [-0.39, 0.29) is 23.5 Å². The fourth-order valence-electron chi connectivity index (χ4n) is 8.09. The number of phenolic OH excluding ortho intramolecular Hbond substituents is 1. The molecular weight excluding hydrogens is 644 g/mol. The number of hydrogen-bond donors (Lipinski definition) is 4. The molecule has 49 heavy (non-hydrogen) atoms. The molecule has 0 bridgehead atoms. The fraction of sp³-hybridized carbons (Fsp3) is 0.216. The molecule has 2 aromatic heterocycles. The molecule has 3 aliphatic heterocycles. The van der Waals surface area contributed by atoms with Gasteiger partial charge in [-0.1, -0.05) is 0 Å². The van der Waals surface area contributed by atoms with Crippen molar-refractivity contribution < 1.29 is 24.2 Å². The average Bonchev–Trinajstić information content (AvgIpc) is 3.93. The first-order valence-corrected chi connectivity index (χ1v) is 16.7. The Kier molecular flexibility index (Phi) is 6.41. The fourth-order valence-corrected chi connectivity index (χ4v) is 8.34. The minimum absolute atomic E-state index is 0.0793. The molecule has 12 heteroatoms. The van der Waals surface area contributed by atoms with E-state index >= 15 is 0 Å². The second-order valence-electron chi connectivity index (χ2n) is 12.9. The number of anilines is 3. The maximum atomic E-state index is 14.1. The summed E-state index contributed by atoms with van der Waals surface area (Å²) in [5.41, 5.74) is 13.2. The number of nitrogens with one attached hydrogen (secondary N) is 2. The Hall–Kier alpha value is -5.68. The SMILES string of the molecule is COc1ccc2c(O)cc3c(c2c1)[C@@H](CCl)CN3C(=O)c1cc2c3c(ccc2[nH]1)N(C(=O)c1cc2c4c(ccc2[nH]1)N(C(N)=O)CC4)CC3. The number of urea groups is 1. The molecule has 0 saturated heterocycles. The highest BCUT2D eigenvalue weighted by Gasteiger charge is 2.36. The molecule has 0 saturated carbocycles. The number of phenols is 1. The molecule has 246 valence electrons. The molecule has 1 atom stereocenters. The largest absolute Gasteiger partial charge is 0.507 e. The van der Waals surface area contributed by atoms with Gasteiger partial charge >= 0.3 is 6.03 Å². The molecule has 4 amide bonds. The highest BCUT2D eigenvalue weighted by molar-refractivity contribution is 6.19. The number of H-pyrrole nitrogens is 2. The monoisotopic (exact) mass is 674 g/mol. The Bertz CT molecular complexity index is 2430. The van der Waals surface area contributed by atoms with Crippen LogP contribution in [-0.4, -0.2) is 65.5 Å². The summed E-state index contributed by atoms with van der Waals surface area (Å²) in [4.78, 5) is 51.6. The summed E-state index contributed by atoms with van der Waals surface area (Å²) in [6.45, 7) is 1.38. The second kappa shape index (κ2) is 10.7. The number of benzene rings is 4. The molecule has 0 aliphatic carbocycles. The summed E-state index contributed by atoms with van der Waals surface area (Å²) >= 11 is 6.45. The van der Waals surface area contributed by atoms with E-state index in [1.54, 1.807) is 33.9 Å². The topological polar surface area (TPSA) is 148 Å². The van der Waals surface area contributed by atoms with Crippen molar-refractivity contribution in [1.29, 1.82) is 0 Å². The lowest BCUT2D eigenvalue weighted by atomic mass is 9.95. The summed E-state index contributed by atoms with van der Waals surface area (Å²) in [5.74, 6) is 0.534. The third kappa shape index (κ3) is 4.24. The molecule has 0 fully saturated rings. The van der Waals surface area contributed by atoms with Crippen LogP contribution in [0.5, 0.6) is 11.5 Å².